The third-order valence-electron chi connectivity index (χ3n) is 4.43. The van der Waals surface area contributed by atoms with Gasteiger partial charge in [-0.05, 0) is 0 Å². The van der Waals surface area contributed by atoms with Gasteiger partial charge in [0.2, 0.25) is 0 Å². The van der Waals surface area contributed by atoms with Crippen LogP contribution in [0.3, 0.4) is 0 Å². The molecule has 27 heavy (non-hydrogen) atoms. The van der Waals surface area contributed by atoms with E-state index < -0.39 is 10.0 Å². The summed E-state index contributed by atoms with van der Waals surface area (Å²) in [6, 6.07) is 9.26. The van der Waals surface area contributed by atoms with Crippen LogP contribution < -0.4 is 5.32 Å². The molecule has 3 heterocycles. The number of imidazole rings is 1. The molecule has 0 aliphatic carbocycles. The van der Waals surface area contributed by atoms with Crippen molar-refractivity contribution in [2.75, 3.05) is 19.6 Å². The lowest BCUT2D eigenvalue weighted by Crippen LogP contribution is -2.49. The summed E-state index contributed by atoms with van der Waals surface area (Å²) >= 11 is 1.34. The molecule has 1 aromatic carbocycles. The molecule has 1 aliphatic heterocycles. The summed E-state index contributed by atoms with van der Waals surface area (Å²) in [5, 5.41) is 5.68. The van der Waals surface area contributed by atoms with Crippen LogP contribution in [0.25, 0.3) is 10.6 Å². The first-order valence-corrected chi connectivity index (χ1v) is 10.6. The Morgan fingerprint density at radius 2 is 2.04 bits per heavy atom. The first kappa shape index (κ1) is 20.0. The van der Waals surface area contributed by atoms with E-state index >= 15 is 0 Å². The van der Waals surface area contributed by atoms with Crippen LogP contribution in [0.4, 0.5) is 0 Å². The van der Waals surface area contributed by atoms with E-state index in [0.29, 0.717) is 24.6 Å². The molecule has 1 fully saturated rings. The van der Waals surface area contributed by atoms with Crippen molar-refractivity contribution in [1.82, 2.24) is 24.2 Å². The van der Waals surface area contributed by atoms with Gasteiger partial charge in [-0.3, -0.25) is 0 Å². The SMILES string of the molecule is Cl.Cn1ccnc1C1CNCCN1S(=O)(=O)c1csc(-c2ccccc2)n1. The molecular formula is C17H20ClN5O2S2. The van der Waals surface area contributed by atoms with Gasteiger partial charge in [0.05, 0.1) is 6.04 Å². The van der Waals surface area contributed by atoms with Crippen molar-refractivity contribution >= 4 is 33.8 Å². The van der Waals surface area contributed by atoms with Crippen molar-refractivity contribution in [3.63, 3.8) is 0 Å². The van der Waals surface area contributed by atoms with Crippen LogP contribution in [0.1, 0.15) is 11.9 Å². The number of hydrogen-bond acceptors (Lipinski definition) is 6. The Morgan fingerprint density at radius 1 is 1.26 bits per heavy atom. The Hall–Kier alpha value is -1.78. The van der Waals surface area contributed by atoms with E-state index in [1.807, 2.05) is 48.1 Å². The predicted molar refractivity (Wildman–Crippen MR) is 108 cm³/mol. The molecule has 0 saturated carbocycles. The maximum absolute atomic E-state index is 13.3. The average Bonchev–Trinajstić information content (AvgIpc) is 3.32. The number of halogens is 1. The van der Waals surface area contributed by atoms with Crippen LogP contribution >= 0.6 is 23.7 Å². The van der Waals surface area contributed by atoms with Crippen molar-refractivity contribution in [3.8, 4) is 10.6 Å². The van der Waals surface area contributed by atoms with E-state index in [9.17, 15) is 8.42 Å². The number of piperazine rings is 1. The van der Waals surface area contributed by atoms with Gasteiger partial charge < -0.3 is 9.88 Å². The summed E-state index contributed by atoms with van der Waals surface area (Å²) in [6.45, 7) is 1.52. The van der Waals surface area contributed by atoms with Crippen LogP contribution in [0.15, 0.2) is 53.1 Å². The van der Waals surface area contributed by atoms with Crippen molar-refractivity contribution in [3.05, 3.63) is 53.9 Å². The molecule has 10 heteroatoms. The smallest absolute Gasteiger partial charge is 0.262 e. The third kappa shape index (κ3) is 3.78. The van der Waals surface area contributed by atoms with Crippen LogP contribution in [0.2, 0.25) is 0 Å². The number of benzene rings is 1. The van der Waals surface area contributed by atoms with E-state index in [0.717, 1.165) is 11.4 Å². The summed E-state index contributed by atoms with van der Waals surface area (Å²) in [5.74, 6) is 0.722. The van der Waals surface area contributed by atoms with Crippen molar-refractivity contribution in [2.24, 2.45) is 7.05 Å². The topological polar surface area (TPSA) is 80.1 Å². The lowest BCUT2D eigenvalue weighted by molar-refractivity contribution is 0.258. The number of hydrogen-bond donors (Lipinski definition) is 1. The molecule has 144 valence electrons. The summed E-state index contributed by atoms with van der Waals surface area (Å²) in [5.41, 5.74) is 0.917. The highest BCUT2D eigenvalue weighted by Crippen LogP contribution is 2.31. The number of thiazole rings is 1. The number of nitrogens with one attached hydrogen (secondary N) is 1. The molecule has 0 radical (unpaired) electrons. The van der Waals surface area contributed by atoms with Crippen molar-refractivity contribution < 1.29 is 8.42 Å². The van der Waals surface area contributed by atoms with Crippen molar-refractivity contribution in [2.45, 2.75) is 11.1 Å². The zero-order valence-electron chi connectivity index (χ0n) is 14.6. The monoisotopic (exact) mass is 425 g/mol. The second-order valence-corrected chi connectivity index (χ2v) is 8.78. The third-order valence-corrected chi connectivity index (χ3v) is 7.26. The first-order chi connectivity index (χ1) is 12.6. The van der Waals surface area contributed by atoms with Crippen LogP contribution in [0, 0.1) is 0 Å². The zero-order chi connectivity index (χ0) is 18.1. The Kier molecular flexibility index (Phi) is 5.97. The molecule has 3 aromatic rings. The predicted octanol–water partition coefficient (Wildman–Crippen LogP) is 2.30. The van der Waals surface area contributed by atoms with E-state index in [1.54, 1.807) is 11.6 Å². The zero-order valence-corrected chi connectivity index (χ0v) is 17.1. The Labute approximate surface area is 168 Å². The molecule has 7 nitrogen and oxygen atoms in total. The summed E-state index contributed by atoms with van der Waals surface area (Å²) < 4.78 is 29.9. The van der Waals surface area contributed by atoms with Gasteiger partial charge in [-0.2, -0.15) is 4.31 Å². The summed E-state index contributed by atoms with van der Waals surface area (Å²) in [6.07, 6.45) is 3.51. The van der Waals surface area contributed by atoms with E-state index in [2.05, 4.69) is 15.3 Å². The van der Waals surface area contributed by atoms with Crippen LogP contribution in [-0.2, 0) is 17.1 Å². The van der Waals surface area contributed by atoms with Gasteiger partial charge in [0.25, 0.3) is 10.0 Å². The first-order valence-electron chi connectivity index (χ1n) is 8.28. The molecule has 1 unspecified atom stereocenters. The molecule has 0 amide bonds. The van der Waals surface area contributed by atoms with Gasteiger partial charge in [0.1, 0.15) is 10.8 Å². The Balaban J connectivity index is 0.00000210. The molecule has 0 bridgehead atoms. The molecule has 1 N–H and O–H groups in total. The number of nitrogens with zero attached hydrogens (tertiary/aromatic N) is 4. The van der Waals surface area contributed by atoms with Gasteiger partial charge in [-0.15, -0.1) is 23.7 Å². The quantitative estimate of drug-likeness (QED) is 0.693. The second-order valence-electron chi connectivity index (χ2n) is 6.09. The molecular weight excluding hydrogens is 406 g/mol. The number of aryl methyl sites for hydroxylation is 1. The fourth-order valence-electron chi connectivity index (χ4n) is 3.10. The van der Waals surface area contributed by atoms with Crippen LogP contribution in [0.5, 0.6) is 0 Å². The van der Waals surface area contributed by atoms with Gasteiger partial charge in [-0.1, -0.05) is 30.3 Å². The Bertz CT molecular complexity index is 1000. The molecule has 1 atom stereocenters. The number of aromatic nitrogens is 3. The normalized spacial score (nSPS) is 18.2. The highest BCUT2D eigenvalue weighted by molar-refractivity contribution is 7.89. The average molecular weight is 426 g/mol. The minimum absolute atomic E-state index is 0. The van der Waals surface area contributed by atoms with Crippen LogP contribution in [-0.4, -0.2) is 46.9 Å². The van der Waals surface area contributed by atoms with E-state index in [-0.39, 0.29) is 23.5 Å². The maximum Gasteiger partial charge on any atom is 0.262 e. The largest absolute Gasteiger partial charge is 0.337 e. The number of sulfonamides is 1. The summed E-state index contributed by atoms with van der Waals surface area (Å²) in [7, 11) is -1.83. The fraction of sp³-hybridized carbons (Fsp3) is 0.294. The molecule has 2 aromatic heterocycles. The van der Waals surface area contributed by atoms with E-state index in [1.165, 1.54) is 15.6 Å². The fourth-order valence-corrected chi connectivity index (χ4v) is 5.76. The standard InChI is InChI=1S/C17H19N5O2S2.ClH/c1-21-9-8-19-16(21)14-11-18-7-10-22(14)26(23,24)15-12-25-17(20-15)13-5-3-2-4-6-13;/h2-6,8-9,12,14,18H,7,10-11H2,1H3;1H. The molecule has 1 saturated heterocycles. The lowest BCUT2D eigenvalue weighted by atomic mass is 10.2. The summed E-state index contributed by atoms with van der Waals surface area (Å²) in [4.78, 5) is 8.76. The minimum atomic E-state index is -3.70. The van der Waals surface area contributed by atoms with Gasteiger partial charge in [0, 0.05) is 50.0 Å². The highest BCUT2D eigenvalue weighted by Gasteiger charge is 2.37. The Morgan fingerprint density at radius 3 is 2.74 bits per heavy atom. The molecule has 1 aliphatic rings. The lowest BCUT2D eigenvalue weighted by Gasteiger charge is -2.34. The highest BCUT2D eigenvalue weighted by atomic mass is 35.5. The van der Waals surface area contributed by atoms with Gasteiger partial charge in [0.15, 0.2) is 5.03 Å². The second kappa shape index (κ2) is 8.07. The number of rotatable bonds is 4. The minimum Gasteiger partial charge on any atom is -0.337 e. The van der Waals surface area contributed by atoms with Crippen molar-refractivity contribution in [1.29, 1.82) is 0 Å². The maximum atomic E-state index is 13.3. The van der Waals surface area contributed by atoms with E-state index in [4.69, 9.17) is 0 Å². The van der Waals surface area contributed by atoms with Gasteiger partial charge in [-0.25, -0.2) is 18.4 Å². The molecule has 0 spiro atoms. The van der Waals surface area contributed by atoms with Gasteiger partial charge >= 0.3 is 0 Å². The molecule has 4 rings (SSSR count).